The van der Waals surface area contributed by atoms with Crippen LogP contribution < -0.4 is 0 Å². The van der Waals surface area contributed by atoms with E-state index in [9.17, 15) is 10.2 Å². The number of nitrogens with zero attached hydrogens (tertiary/aromatic N) is 1. The molecule has 0 aliphatic carbocycles. The minimum atomic E-state index is -1.47. The number of aliphatic hydroxyl groups excluding tert-OH is 1. The van der Waals surface area contributed by atoms with Gasteiger partial charge < -0.3 is 10.2 Å². The van der Waals surface area contributed by atoms with Gasteiger partial charge in [0.2, 0.25) is 0 Å². The number of pyridine rings is 1. The first kappa shape index (κ1) is 12.2. The van der Waals surface area contributed by atoms with Crippen LogP contribution in [0.4, 0.5) is 0 Å². The third-order valence-electron chi connectivity index (χ3n) is 2.62. The molecule has 0 saturated heterocycles. The van der Waals surface area contributed by atoms with Crippen LogP contribution in [-0.2, 0) is 5.60 Å². The lowest BCUT2D eigenvalue weighted by molar-refractivity contribution is 0.0136. The normalized spacial score (nSPS) is 14.3. The van der Waals surface area contributed by atoms with E-state index in [2.05, 4.69) is 20.9 Å². The maximum absolute atomic E-state index is 10.6. The maximum atomic E-state index is 10.6. The second kappa shape index (κ2) is 4.96. The summed E-state index contributed by atoms with van der Waals surface area (Å²) in [5.41, 5.74) is -0.431. The average Bonchev–Trinajstić information content (AvgIpc) is 2.39. The number of hydrogen-bond donors (Lipinski definition) is 2. The molecule has 0 aliphatic heterocycles. The van der Waals surface area contributed by atoms with Gasteiger partial charge in [-0.05, 0) is 33.6 Å². The summed E-state index contributed by atoms with van der Waals surface area (Å²) in [5.74, 6) is 0. The van der Waals surface area contributed by atoms with Crippen LogP contribution in [-0.4, -0.2) is 21.8 Å². The fourth-order valence-electron chi connectivity index (χ4n) is 1.67. The van der Waals surface area contributed by atoms with Crippen molar-refractivity contribution in [2.45, 2.75) is 5.60 Å². The van der Waals surface area contributed by atoms with Crippen LogP contribution in [0.1, 0.15) is 11.3 Å². The topological polar surface area (TPSA) is 53.4 Å². The minimum Gasteiger partial charge on any atom is -0.393 e. The van der Waals surface area contributed by atoms with Crippen LogP contribution in [0.15, 0.2) is 53.1 Å². The smallest absolute Gasteiger partial charge is 0.154 e. The molecule has 88 valence electrons. The van der Waals surface area contributed by atoms with Gasteiger partial charge in [-0.1, -0.05) is 36.4 Å². The van der Waals surface area contributed by atoms with Crippen molar-refractivity contribution in [3.63, 3.8) is 0 Å². The molecule has 0 spiro atoms. The highest BCUT2D eigenvalue weighted by molar-refractivity contribution is 9.10. The van der Waals surface area contributed by atoms with Crippen molar-refractivity contribution in [1.82, 2.24) is 4.98 Å². The van der Waals surface area contributed by atoms with Crippen molar-refractivity contribution >= 4 is 15.9 Å². The third-order valence-corrected chi connectivity index (χ3v) is 3.06. The molecule has 0 bridgehead atoms. The summed E-state index contributed by atoms with van der Waals surface area (Å²) in [5, 5.41) is 20.0. The zero-order valence-corrected chi connectivity index (χ0v) is 10.6. The molecule has 2 rings (SSSR count). The van der Waals surface area contributed by atoms with E-state index < -0.39 is 12.2 Å². The Bertz CT molecular complexity index is 504. The lowest BCUT2D eigenvalue weighted by Crippen LogP contribution is -2.32. The Balaban J connectivity index is 2.52. The molecule has 17 heavy (non-hydrogen) atoms. The van der Waals surface area contributed by atoms with Gasteiger partial charge in [-0.3, -0.25) is 0 Å². The number of aliphatic hydroxyl groups is 2. The first-order valence-electron chi connectivity index (χ1n) is 5.18. The first-order valence-corrected chi connectivity index (χ1v) is 5.98. The van der Waals surface area contributed by atoms with Crippen molar-refractivity contribution in [2.75, 3.05) is 6.61 Å². The molecular weight excluding hydrogens is 282 g/mol. The zero-order valence-electron chi connectivity index (χ0n) is 9.05. The highest BCUT2D eigenvalue weighted by Crippen LogP contribution is 2.28. The molecule has 0 saturated carbocycles. The number of hydrogen-bond acceptors (Lipinski definition) is 3. The molecule has 1 unspecified atom stereocenters. The van der Waals surface area contributed by atoms with Gasteiger partial charge >= 0.3 is 0 Å². The van der Waals surface area contributed by atoms with Crippen molar-refractivity contribution in [3.8, 4) is 0 Å². The van der Waals surface area contributed by atoms with Gasteiger partial charge in [0.25, 0.3) is 0 Å². The summed E-state index contributed by atoms with van der Waals surface area (Å²) in [6.07, 6.45) is 0. The molecule has 2 N–H and O–H groups in total. The predicted octanol–water partition coefficient (Wildman–Crippen LogP) is 2.07. The van der Waals surface area contributed by atoms with E-state index in [1.807, 2.05) is 18.2 Å². The van der Waals surface area contributed by atoms with Crippen molar-refractivity contribution in [1.29, 1.82) is 0 Å². The summed E-state index contributed by atoms with van der Waals surface area (Å²) in [7, 11) is 0. The van der Waals surface area contributed by atoms with Gasteiger partial charge in [0.15, 0.2) is 5.60 Å². The third kappa shape index (κ3) is 2.39. The summed E-state index contributed by atoms with van der Waals surface area (Å²) < 4.78 is 0.623. The van der Waals surface area contributed by atoms with E-state index >= 15 is 0 Å². The molecule has 0 amide bonds. The zero-order chi connectivity index (χ0) is 12.3. The van der Waals surface area contributed by atoms with Gasteiger partial charge in [0.1, 0.15) is 4.60 Å². The Morgan fingerprint density at radius 1 is 1.06 bits per heavy atom. The van der Waals surface area contributed by atoms with E-state index in [1.165, 1.54) is 0 Å². The molecule has 1 atom stereocenters. The summed E-state index contributed by atoms with van der Waals surface area (Å²) in [6.45, 7) is -0.416. The fraction of sp³-hybridized carbons (Fsp3) is 0.154. The molecule has 4 heteroatoms. The molecule has 0 radical (unpaired) electrons. The van der Waals surface area contributed by atoms with Crippen LogP contribution in [0.3, 0.4) is 0 Å². The summed E-state index contributed by atoms with van der Waals surface area (Å²) >= 11 is 3.25. The highest BCUT2D eigenvalue weighted by Gasteiger charge is 2.32. The Kier molecular flexibility index (Phi) is 3.57. The average molecular weight is 294 g/mol. The van der Waals surface area contributed by atoms with Crippen molar-refractivity contribution in [2.24, 2.45) is 0 Å². The van der Waals surface area contributed by atoms with Crippen LogP contribution >= 0.6 is 15.9 Å². The van der Waals surface area contributed by atoms with Gasteiger partial charge in [-0.25, -0.2) is 4.98 Å². The SMILES string of the molecule is OCC(O)(c1ccccc1)c1cccc(Br)n1. The Hall–Kier alpha value is -1.23. The van der Waals surface area contributed by atoms with E-state index in [0.29, 0.717) is 15.9 Å². The molecule has 3 nitrogen and oxygen atoms in total. The van der Waals surface area contributed by atoms with E-state index in [-0.39, 0.29) is 0 Å². The van der Waals surface area contributed by atoms with Gasteiger partial charge in [0, 0.05) is 0 Å². The molecule has 1 aromatic carbocycles. The maximum Gasteiger partial charge on any atom is 0.154 e. The number of benzene rings is 1. The summed E-state index contributed by atoms with van der Waals surface area (Å²) in [4.78, 5) is 4.20. The molecule has 0 fully saturated rings. The Labute approximate surface area is 108 Å². The molecule has 1 aromatic heterocycles. The van der Waals surface area contributed by atoms with Crippen LogP contribution in [0.5, 0.6) is 0 Å². The summed E-state index contributed by atoms with van der Waals surface area (Å²) in [6, 6.07) is 14.2. The van der Waals surface area contributed by atoms with E-state index in [4.69, 9.17) is 0 Å². The molecular formula is C13H12BrNO2. The monoisotopic (exact) mass is 293 g/mol. The first-order chi connectivity index (χ1) is 8.16. The van der Waals surface area contributed by atoms with Gasteiger partial charge in [0.05, 0.1) is 12.3 Å². The van der Waals surface area contributed by atoms with E-state index in [1.54, 1.807) is 30.3 Å². The number of rotatable bonds is 3. The van der Waals surface area contributed by atoms with Gasteiger partial charge in [-0.15, -0.1) is 0 Å². The second-order valence-electron chi connectivity index (χ2n) is 3.73. The minimum absolute atomic E-state index is 0.416. The Morgan fingerprint density at radius 2 is 1.76 bits per heavy atom. The standard InChI is InChI=1S/C13H12BrNO2/c14-12-8-4-7-11(15-12)13(17,9-16)10-5-2-1-3-6-10/h1-8,16-17H,9H2. The van der Waals surface area contributed by atoms with Crippen LogP contribution in [0.2, 0.25) is 0 Å². The number of aromatic nitrogens is 1. The molecule has 1 heterocycles. The van der Waals surface area contributed by atoms with Crippen molar-refractivity contribution in [3.05, 3.63) is 64.4 Å². The highest BCUT2D eigenvalue weighted by atomic mass is 79.9. The molecule has 2 aromatic rings. The van der Waals surface area contributed by atoms with Crippen LogP contribution in [0.25, 0.3) is 0 Å². The number of halogens is 1. The van der Waals surface area contributed by atoms with Crippen molar-refractivity contribution < 1.29 is 10.2 Å². The Morgan fingerprint density at radius 3 is 2.35 bits per heavy atom. The second-order valence-corrected chi connectivity index (χ2v) is 4.54. The quantitative estimate of drug-likeness (QED) is 0.852. The molecule has 0 aliphatic rings. The van der Waals surface area contributed by atoms with Gasteiger partial charge in [-0.2, -0.15) is 0 Å². The lowest BCUT2D eigenvalue weighted by atomic mass is 9.91. The van der Waals surface area contributed by atoms with Crippen LogP contribution in [0, 0.1) is 0 Å². The largest absolute Gasteiger partial charge is 0.393 e. The van der Waals surface area contributed by atoms with E-state index in [0.717, 1.165) is 0 Å². The fourth-order valence-corrected chi connectivity index (χ4v) is 2.02. The predicted molar refractivity (Wildman–Crippen MR) is 68.5 cm³/mol. The lowest BCUT2D eigenvalue weighted by Gasteiger charge is -2.25.